The van der Waals surface area contributed by atoms with Crippen molar-refractivity contribution < 1.29 is 23.9 Å². The van der Waals surface area contributed by atoms with E-state index in [9.17, 15) is 14.4 Å². The molecule has 3 aliphatic heterocycles. The highest BCUT2D eigenvalue weighted by atomic mass is 32.1. The predicted molar refractivity (Wildman–Crippen MR) is 150 cm³/mol. The van der Waals surface area contributed by atoms with Gasteiger partial charge in [-0.2, -0.15) is 0 Å². The molecule has 1 aromatic heterocycles. The molecule has 9 nitrogen and oxygen atoms in total. The first-order valence-electron chi connectivity index (χ1n) is 13.2. The van der Waals surface area contributed by atoms with Gasteiger partial charge in [-0.15, -0.1) is 11.3 Å². The Hall–Kier alpha value is -3.53. The van der Waals surface area contributed by atoms with Gasteiger partial charge < -0.3 is 29.9 Å². The molecular formula is C29H36N4O5S. The van der Waals surface area contributed by atoms with Crippen molar-refractivity contribution in [3.63, 3.8) is 0 Å². The number of benzene rings is 1. The monoisotopic (exact) mass is 552 g/mol. The number of esters is 1. The van der Waals surface area contributed by atoms with Crippen LogP contribution in [0.2, 0.25) is 0 Å². The Labute approximate surface area is 233 Å². The number of nitrogens with two attached hydrogens (primary N) is 1. The second-order valence-electron chi connectivity index (χ2n) is 11.3. The van der Waals surface area contributed by atoms with Crippen LogP contribution in [0.15, 0.2) is 41.4 Å². The van der Waals surface area contributed by atoms with Gasteiger partial charge in [-0.3, -0.25) is 9.59 Å². The van der Waals surface area contributed by atoms with Crippen molar-refractivity contribution in [2.45, 2.75) is 51.2 Å². The fourth-order valence-corrected chi connectivity index (χ4v) is 6.92. The molecule has 0 radical (unpaired) electrons. The van der Waals surface area contributed by atoms with Crippen molar-refractivity contribution in [3.8, 4) is 5.75 Å². The number of amides is 2. The van der Waals surface area contributed by atoms with Crippen LogP contribution in [0.5, 0.6) is 5.75 Å². The number of hydrogen-bond acceptors (Lipinski definition) is 8. The number of carbonyl (C=O) groups excluding carboxylic acids is 3. The molecule has 2 atom stereocenters. The average molecular weight is 553 g/mol. The van der Waals surface area contributed by atoms with E-state index in [4.69, 9.17) is 15.2 Å². The number of ether oxygens (including phenoxy) is 2. The van der Waals surface area contributed by atoms with Crippen molar-refractivity contribution in [3.05, 3.63) is 57.4 Å². The molecule has 0 spiro atoms. The Morgan fingerprint density at radius 1 is 1.10 bits per heavy atom. The van der Waals surface area contributed by atoms with Crippen LogP contribution in [0.3, 0.4) is 0 Å². The van der Waals surface area contributed by atoms with Crippen molar-refractivity contribution in [1.29, 1.82) is 0 Å². The van der Waals surface area contributed by atoms with Gasteiger partial charge in [-0.05, 0) is 68.0 Å². The standard InChI is InChI=1S/C29H36N4O5S/c1-18(34)31-10-12-32(13-11-31)21-16-20-19(15-23(21)37-5)8-9-33-22(26(35)38-28(2,3)4)17-29(25(20)33,27(30)36)24-7-6-14-39-24/h6-7,14-17,25H,8-13H2,1-5H3,(H2,30,36). The van der Waals surface area contributed by atoms with E-state index in [1.807, 2.05) is 54.2 Å². The summed E-state index contributed by atoms with van der Waals surface area (Å²) >= 11 is 1.45. The summed E-state index contributed by atoms with van der Waals surface area (Å²) in [6.07, 6.45) is 2.39. The Balaban J connectivity index is 1.64. The number of anilines is 1. The molecule has 10 heteroatoms. The lowest BCUT2D eigenvalue weighted by molar-refractivity contribution is -0.152. The molecule has 1 saturated heterocycles. The first-order chi connectivity index (χ1) is 18.5. The quantitative estimate of drug-likeness (QED) is 0.569. The molecule has 0 aliphatic carbocycles. The van der Waals surface area contributed by atoms with E-state index in [1.54, 1.807) is 20.1 Å². The first kappa shape index (κ1) is 27.1. The van der Waals surface area contributed by atoms with E-state index in [0.29, 0.717) is 44.8 Å². The maximum absolute atomic E-state index is 13.5. The summed E-state index contributed by atoms with van der Waals surface area (Å²) in [6.45, 7) is 10.2. The van der Waals surface area contributed by atoms with Crippen molar-refractivity contribution >= 4 is 34.8 Å². The summed E-state index contributed by atoms with van der Waals surface area (Å²) in [5, 5.41) is 1.92. The first-order valence-corrected chi connectivity index (χ1v) is 14.1. The second-order valence-corrected chi connectivity index (χ2v) is 12.3. The van der Waals surface area contributed by atoms with Crippen LogP contribution in [0.1, 0.15) is 49.7 Å². The molecule has 1 fully saturated rings. The van der Waals surface area contributed by atoms with E-state index in [2.05, 4.69) is 11.0 Å². The summed E-state index contributed by atoms with van der Waals surface area (Å²) in [6, 6.07) is 7.42. The summed E-state index contributed by atoms with van der Waals surface area (Å²) in [4.78, 5) is 45.7. The summed E-state index contributed by atoms with van der Waals surface area (Å²) in [5.41, 5.74) is 7.55. The minimum absolute atomic E-state index is 0.0663. The molecule has 5 rings (SSSR count). The van der Waals surface area contributed by atoms with Crippen molar-refractivity contribution in [2.75, 3.05) is 44.7 Å². The van der Waals surface area contributed by atoms with Crippen molar-refractivity contribution in [2.24, 2.45) is 5.73 Å². The number of methoxy groups -OCH3 is 1. The molecule has 2 amide bonds. The van der Waals surface area contributed by atoms with Gasteiger partial charge in [0.2, 0.25) is 11.8 Å². The van der Waals surface area contributed by atoms with Crippen LogP contribution in [0.25, 0.3) is 0 Å². The van der Waals surface area contributed by atoms with Gasteiger partial charge in [-0.25, -0.2) is 4.79 Å². The Bertz CT molecular complexity index is 1320. The number of piperazine rings is 1. The highest BCUT2D eigenvalue weighted by molar-refractivity contribution is 7.10. The summed E-state index contributed by atoms with van der Waals surface area (Å²) in [5.74, 6) is -0.169. The zero-order chi connectivity index (χ0) is 28.1. The third-order valence-corrected chi connectivity index (χ3v) is 8.81. The van der Waals surface area contributed by atoms with Crippen LogP contribution in [-0.2, 0) is 31.0 Å². The molecule has 1 aromatic carbocycles. The van der Waals surface area contributed by atoms with Crippen LogP contribution in [0.4, 0.5) is 5.69 Å². The minimum Gasteiger partial charge on any atom is -0.495 e. The Morgan fingerprint density at radius 2 is 1.82 bits per heavy atom. The summed E-state index contributed by atoms with van der Waals surface area (Å²) in [7, 11) is 1.66. The SMILES string of the molecule is COc1cc2c(cc1N1CCN(C(C)=O)CC1)C1N(CC2)C(C(=O)OC(C)(C)C)=CC1(C(N)=O)c1cccs1. The third kappa shape index (κ3) is 4.64. The van der Waals surface area contributed by atoms with Crippen LogP contribution < -0.4 is 15.4 Å². The molecular weight excluding hydrogens is 516 g/mol. The molecule has 2 aromatic rings. The molecule has 208 valence electrons. The molecule has 2 N–H and O–H groups in total. The molecule has 2 unspecified atom stereocenters. The third-order valence-electron chi connectivity index (χ3n) is 7.78. The van der Waals surface area contributed by atoms with Gasteiger partial charge >= 0.3 is 5.97 Å². The zero-order valence-corrected chi connectivity index (χ0v) is 24.0. The lowest BCUT2D eigenvalue weighted by Crippen LogP contribution is -2.49. The minimum atomic E-state index is -1.24. The number of rotatable bonds is 5. The van der Waals surface area contributed by atoms with E-state index in [-0.39, 0.29) is 5.91 Å². The fraction of sp³-hybridized carbons (Fsp3) is 0.483. The van der Waals surface area contributed by atoms with E-state index >= 15 is 0 Å². The van der Waals surface area contributed by atoms with Gasteiger partial charge in [-0.1, -0.05) is 6.07 Å². The second kappa shape index (κ2) is 9.89. The van der Waals surface area contributed by atoms with E-state index < -0.39 is 28.9 Å². The number of primary amides is 1. The van der Waals surface area contributed by atoms with Gasteiger partial charge in [0.25, 0.3) is 0 Å². The number of nitrogens with zero attached hydrogens (tertiary/aromatic N) is 3. The molecule has 3 aliphatic rings. The number of fused-ring (bicyclic) bond motifs is 3. The topological polar surface area (TPSA) is 105 Å². The lowest BCUT2D eigenvalue weighted by atomic mass is 9.73. The average Bonchev–Trinajstić information content (AvgIpc) is 3.54. The van der Waals surface area contributed by atoms with Gasteiger partial charge in [0.05, 0.1) is 18.8 Å². The van der Waals surface area contributed by atoms with Gasteiger partial charge in [0.15, 0.2) is 0 Å². The van der Waals surface area contributed by atoms with Gasteiger partial charge in [0, 0.05) is 44.5 Å². The number of hydrogen-bond donors (Lipinski definition) is 1. The largest absolute Gasteiger partial charge is 0.495 e. The van der Waals surface area contributed by atoms with E-state index in [0.717, 1.165) is 27.4 Å². The Morgan fingerprint density at radius 3 is 2.38 bits per heavy atom. The molecule has 0 saturated carbocycles. The number of carbonyl (C=O) groups is 3. The van der Waals surface area contributed by atoms with Crippen LogP contribution in [-0.4, -0.2) is 73.0 Å². The zero-order valence-electron chi connectivity index (χ0n) is 23.2. The Kier molecular flexibility index (Phi) is 6.86. The fourth-order valence-electron chi connectivity index (χ4n) is 5.99. The maximum Gasteiger partial charge on any atom is 0.354 e. The van der Waals surface area contributed by atoms with Crippen LogP contribution in [0, 0.1) is 0 Å². The van der Waals surface area contributed by atoms with E-state index in [1.165, 1.54) is 11.3 Å². The molecule has 0 bridgehead atoms. The number of thiophene rings is 1. The maximum atomic E-state index is 13.5. The van der Waals surface area contributed by atoms with Crippen LogP contribution >= 0.6 is 11.3 Å². The lowest BCUT2D eigenvalue weighted by Gasteiger charge is -2.43. The molecule has 4 heterocycles. The highest BCUT2D eigenvalue weighted by Gasteiger charge is 2.57. The predicted octanol–water partition coefficient (Wildman–Crippen LogP) is 2.99. The summed E-state index contributed by atoms with van der Waals surface area (Å²) < 4.78 is 11.6. The normalized spacial score (nSPS) is 22.6. The highest BCUT2D eigenvalue weighted by Crippen LogP contribution is 2.55. The van der Waals surface area contributed by atoms with Gasteiger partial charge in [0.1, 0.15) is 22.5 Å². The molecule has 39 heavy (non-hydrogen) atoms. The smallest absolute Gasteiger partial charge is 0.354 e. The van der Waals surface area contributed by atoms with Crippen molar-refractivity contribution in [1.82, 2.24) is 9.80 Å².